The number of hydrogen-bond acceptors (Lipinski definition) is 4. The molecule has 0 amide bonds. The maximum absolute atomic E-state index is 13.9. The maximum atomic E-state index is 13.9. The Bertz CT molecular complexity index is 664. The molecule has 0 spiro atoms. The Balaban J connectivity index is 2.45. The summed E-state index contributed by atoms with van der Waals surface area (Å²) in [6.07, 6.45) is 1.03. The van der Waals surface area contributed by atoms with Crippen molar-refractivity contribution < 1.29 is 23.5 Å². The number of benzene rings is 2. The van der Waals surface area contributed by atoms with E-state index in [1.165, 1.54) is 24.3 Å². The van der Waals surface area contributed by atoms with E-state index in [2.05, 4.69) is 11.3 Å². The molecule has 0 fully saturated rings. The van der Waals surface area contributed by atoms with Crippen LogP contribution in [0, 0.1) is 5.82 Å². The zero-order valence-electron chi connectivity index (χ0n) is 9.76. The van der Waals surface area contributed by atoms with Gasteiger partial charge in [0.2, 0.25) is 0 Å². The number of halogens is 1. The summed E-state index contributed by atoms with van der Waals surface area (Å²) >= 11 is 0. The highest BCUT2D eigenvalue weighted by molar-refractivity contribution is 5.88. The van der Waals surface area contributed by atoms with Gasteiger partial charge in [-0.3, -0.25) is 4.79 Å². The molecule has 0 radical (unpaired) electrons. The first-order chi connectivity index (χ1) is 9.15. The molecule has 0 aliphatic rings. The normalized spacial score (nSPS) is 9.95. The van der Waals surface area contributed by atoms with Crippen molar-refractivity contribution in [2.24, 2.45) is 0 Å². The van der Waals surface area contributed by atoms with Gasteiger partial charge in [-0.25, -0.2) is 9.18 Å². The van der Waals surface area contributed by atoms with Crippen LogP contribution in [0.25, 0.3) is 10.8 Å². The molecule has 2 rings (SSSR count). The summed E-state index contributed by atoms with van der Waals surface area (Å²) in [5, 5.41) is 0.780. The van der Waals surface area contributed by atoms with Gasteiger partial charge in [0.1, 0.15) is 5.75 Å². The van der Waals surface area contributed by atoms with Crippen LogP contribution in [0.2, 0.25) is 0 Å². The lowest BCUT2D eigenvalue weighted by atomic mass is 10.1. The molecule has 4 nitrogen and oxygen atoms in total. The fourth-order valence-corrected chi connectivity index (χ4v) is 1.61. The van der Waals surface area contributed by atoms with Crippen molar-refractivity contribution in [3.8, 4) is 11.5 Å². The number of carbonyl (C=O) groups excluding carboxylic acids is 2. The van der Waals surface area contributed by atoms with Gasteiger partial charge < -0.3 is 9.47 Å². The third-order valence-corrected chi connectivity index (χ3v) is 2.45. The molecule has 0 aromatic heterocycles. The summed E-state index contributed by atoms with van der Waals surface area (Å²) in [5.74, 6) is -1.12. The monoisotopic (exact) mass is 260 g/mol. The molecule has 96 valence electrons. The molecular weight excluding hydrogens is 251 g/mol. The SMILES string of the molecule is C=CC(=O)Oc1ccc2c(F)c(OC=O)ccc2c1. The fourth-order valence-electron chi connectivity index (χ4n) is 1.61. The third-order valence-electron chi connectivity index (χ3n) is 2.45. The van der Waals surface area contributed by atoms with Gasteiger partial charge in [-0.05, 0) is 29.7 Å². The lowest BCUT2D eigenvalue weighted by Crippen LogP contribution is -2.02. The van der Waals surface area contributed by atoms with Crippen molar-refractivity contribution in [2.75, 3.05) is 0 Å². The molecule has 0 atom stereocenters. The second-order valence-electron chi connectivity index (χ2n) is 3.60. The van der Waals surface area contributed by atoms with Crippen LogP contribution in [0.5, 0.6) is 11.5 Å². The number of hydrogen-bond donors (Lipinski definition) is 0. The predicted molar refractivity (Wildman–Crippen MR) is 66.4 cm³/mol. The number of ether oxygens (including phenoxy) is 2. The standard InChI is InChI=1S/C14H9FO4/c1-2-13(17)19-10-4-5-11-9(7-10)3-6-12(14(11)15)18-8-16/h2-8H,1H2. The molecule has 2 aromatic rings. The van der Waals surface area contributed by atoms with E-state index in [1.54, 1.807) is 6.07 Å². The lowest BCUT2D eigenvalue weighted by molar-refractivity contribution is -0.129. The Labute approximate surface area is 108 Å². The van der Waals surface area contributed by atoms with E-state index < -0.39 is 11.8 Å². The van der Waals surface area contributed by atoms with Crippen LogP contribution in [-0.2, 0) is 9.59 Å². The Morgan fingerprint density at radius 1 is 1.26 bits per heavy atom. The lowest BCUT2D eigenvalue weighted by Gasteiger charge is -2.06. The van der Waals surface area contributed by atoms with Crippen LogP contribution in [0.15, 0.2) is 43.0 Å². The van der Waals surface area contributed by atoms with E-state index in [-0.39, 0.29) is 23.4 Å². The van der Waals surface area contributed by atoms with Gasteiger partial charge in [0.15, 0.2) is 11.6 Å². The van der Waals surface area contributed by atoms with Gasteiger partial charge in [-0.2, -0.15) is 0 Å². The van der Waals surface area contributed by atoms with Crippen molar-refractivity contribution in [1.29, 1.82) is 0 Å². The smallest absolute Gasteiger partial charge is 0.335 e. The van der Waals surface area contributed by atoms with E-state index in [1.807, 2.05) is 0 Å². The number of carbonyl (C=O) groups is 2. The molecule has 2 aromatic carbocycles. The molecule has 0 bridgehead atoms. The van der Waals surface area contributed by atoms with E-state index in [9.17, 15) is 14.0 Å². The minimum atomic E-state index is -0.647. The zero-order chi connectivity index (χ0) is 13.8. The van der Waals surface area contributed by atoms with Crippen molar-refractivity contribution in [3.63, 3.8) is 0 Å². The highest BCUT2D eigenvalue weighted by Crippen LogP contribution is 2.28. The van der Waals surface area contributed by atoms with Gasteiger partial charge in [0.25, 0.3) is 6.47 Å². The predicted octanol–water partition coefficient (Wildman–Crippen LogP) is 2.61. The van der Waals surface area contributed by atoms with E-state index >= 15 is 0 Å². The highest BCUT2D eigenvalue weighted by Gasteiger charge is 2.10. The Morgan fingerprint density at radius 2 is 2.05 bits per heavy atom. The largest absolute Gasteiger partial charge is 0.426 e. The highest BCUT2D eigenvalue weighted by atomic mass is 19.1. The number of fused-ring (bicyclic) bond motifs is 1. The molecule has 0 heterocycles. The summed E-state index contributed by atoms with van der Waals surface area (Å²) < 4.78 is 23.3. The van der Waals surface area contributed by atoms with E-state index in [0.717, 1.165) is 6.08 Å². The average molecular weight is 260 g/mol. The Morgan fingerprint density at radius 3 is 2.74 bits per heavy atom. The molecular formula is C14H9FO4. The molecule has 0 saturated heterocycles. The first-order valence-corrected chi connectivity index (χ1v) is 5.32. The van der Waals surface area contributed by atoms with Gasteiger partial charge in [-0.15, -0.1) is 0 Å². The van der Waals surface area contributed by atoms with Crippen LogP contribution in [0.4, 0.5) is 4.39 Å². The quantitative estimate of drug-likeness (QED) is 0.367. The summed E-state index contributed by atoms with van der Waals surface area (Å²) in [7, 11) is 0. The topological polar surface area (TPSA) is 52.6 Å². The first-order valence-electron chi connectivity index (χ1n) is 5.32. The van der Waals surface area contributed by atoms with Crippen LogP contribution in [0.1, 0.15) is 0 Å². The molecule has 19 heavy (non-hydrogen) atoms. The first kappa shape index (κ1) is 12.8. The molecule has 0 aliphatic carbocycles. The van der Waals surface area contributed by atoms with Gasteiger partial charge in [-0.1, -0.05) is 12.6 Å². The number of rotatable bonds is 4. The average Bonchev–Trinajstić information content (AvgIpc) is 2.42. The van der Waals surface area contributed by atoms with Gasteiger partial charge >= 0.3 is 5.97 Å². The van der Waals surface area contributed by atoms with Crippen LogP contribution in [-0.4, -0.2) is 12.4 Å². The summed E-state index contributed by atoms with van der Waals surface area (Å²) in [5.41, 5.74) is 0. The maximum Gasteiger partial charge on any atom is 0.335 e. The van der Waals surface area contributed by atoms with E-state index in [4.69, 9.17) is 4.74 Å². The molecule has 5 heteroatoms. The van der Waals surface area contributed by atoms with Crippen LogP contribution >= 0.6 is 0 Å². The van der Waals surface area contributed by atoms with Crippen molar-refractivity contribution >= 4 is 23.2 Å². The summed E-state index contributed by atoms with van der Waals surface area (Å²) in [4.78, 5) is 21.3. The fraction of sp³-hybridized carbons (Fsp3) is 0. The zero-order valence-corrected chi connectivity index (χ0v) is 9.76. The second kappa shape index (κ2) is 5.30. The molecule has 0 saturated carbocycles. The molecule has 0 unspecified atom stereocenters. The van der Waals surface area contributed by atoms with E-state index in [0.29, 0.717) is 5.39 Å². The summed E-state index contributed by atoms with van der Waals surface area (Å²) in [6, 6.07) is 7.27. The third kappa shape index (κ3) is 2.60. The molecule has 0 aliphatic heterocycles. The minimum absolute atomic E-state index is 0.154. The van der Waals surface area contributed by atoms with Crippen molar-refractivity contribution in [1.82, 2.24) is 0 Å². The van der Waals surface area contributed by atoms with Crippen LogP contribution < -0.4 is 9.47 Å². The summed E-state index contributed by atoms with van der Waals surface area (Å²) in [6.45, 7) is 3.44. The van der Waals surface area contributed by atoms with Crippen molar-refractivity contribution in [2.45, 2.75) is 0 Å². The van der Waals surface area contributed by atoms with Gasteiger partial charge in [0, 0.05) is 11.5 Å². The second-order valence-corrected chi connectivity index (χ2v) is 3.60. The number of esters is 1. The van der Waals surface area contributed by atoms with Crippen molar-refractivity contribution in [3.05, 3.63) is 48.8 Å². The Kier molecular flexibility index (Phi) is 3.56. The Hall–Kier alpha value is -2.69. The molecule has 0 N–H and O–H groups in total. The van der Waals surface area contributed by atoms with Gasteiger partial charge in [0.05, 0.1) is 0 Å². The van der Waals surface area contributed by atoms with Crippen LogP contribution in [0.3, 0.4) is 0 Å². The minimum Gasteiger partial charge on any atom is -0.426 e.